The number of amides is 1. The third-order valence-electron chi connectivity index (χ3n) is 3.15. The van der Waals surface area contributed by atoms with Crippen molar-refractivity contribution in [1.82, 2.24) is 25.4 Å². The summed E-state index contributed by atoms with van der Waals surface area (Å²) < 4.78 is 6.86. The highest BCUT2D eigenvalue weighted by molar-refractivity contribution is 5.94. The average Bonchev–Trinajstić information content (AvgIpc) is 3.11. The van der Waals surface area contributed by atoms with E-state index >= 15 is 0 Å². The van der Waals surface area contributed by atoms with Crippen LogP contribution in [0.15, 0.2) is 60.1 Å². The summed E-state index contributed by atoms with van der Waals surface area (Å²) in [6.45, 7) is 0. The Morgan fingerprint density at radius 2 is 2.04 bits per heavy atom. The van der Waals surface area contributed by atoms with Crippen LogP contribution in [0.2, 0.25) is 0 Å². The Bertz CT molecular complexity index is 860. The molecule has 24 heavy (non-hydrogen) atoms. The van der Waals surface area contributed by atoms with E-state index in [0.29, 0.717) is 17.0 Å². The number of carbonyl (C=O) groups is 1. The molecule has 0 bridgehead atoms. The fourth-order valence-corrected chi connectivity index (χ4v) is 2.00. The van der Waals surface area contributed by atoms with Gasteiger partial charge in [0.05, 0.1) is 19.5 Å². The molecule has 8 heteroatoms. The number of para-hydroxylation sites is 2. The second kappa shape index (κ2) is 7.14. The van der Waals surface area contributed by atoms with Crippen molar-refractivity contribution in [2.75, 3.05) is 7.11 Å². The van der Waals surface area contributed by atoms with E-state index in [-0.39, 0.29) is 5.91 Å². The molecule has 1 aromatic carbocycles. The van der Waals surface area contributed by atoms with Crippen LogP contribution in [0.5, 0.6) is 5.75 Å². The highest BCUT2D eigenvalue weighted by atomic mass is 16.5. The first-order chi connectivity index (χ1) is 11.8. The van der Waals surface area contributed by atoms with Crippen LogP contribution in [-0.2, 0) is 0 Å². The number of rotatable bonds is 5. The first-order valence-corrected chi connectivity index (χ1v) is 7.07. The number of hydrogen-bond acceptors (Lipinski definition) is 6. The number of hydrogen-bond donors (Lipinski definition) is 1. The number of benzene rings is 1. The van der Waals surface area contributed by atoms with Gasteiger partial charge >= 0.3 is 0 Å². The third kappa shape index (κ3) is 3.43. The monoisotopic (exact) mass is 322 g/mol. The number of ether oxygens (including phenoxy) is 1. The first-order valence-electron chi connectivity index (χ1n) is 7.07. The van der Waals surface area contributed by atoms with Gasteiger partial charge in [-0.05, 0) is 24.3 Å². The van der Waals surface area contributed by atoms with Crippen LogP contribution in [-0.4, -0.2) is 39.2 Å². The second-order valence-electron chi connectivity index (χ2n) is 4.69. The van der Waals surface area contributed by atoms with E-state index in [0.717, 1.165) is 5.69 Å². The maximum absolute atomic E-state index is 11.8. The summed E-state index contributed by atoms with van der Waals surface area (Å²) in [5.74, 6) is 0.350. The van der Waals surface area contributed by atoms with Crippen LogP contribution >= 0.6 is 0 Å². The van der Waals surface area contributed by atoms with E-state index in [2.05, 4.69) is 25.8 Å². The summed E-state index contributed by atoms with van der Waals surface area (Å²) in [5, 5.41) is 11.9. The number of nitrogens with one attached hydrogen (secondary N) is 1. The number of aromatic nitrogens is 4. The highest BCUT2D eigenvalue weighted by Gasteiger charge is 2.07. The number of nitrogens with zero attached hydrogens (tertiary/aromatic N) is 5. The summed E-state index contributed by atoms with van der Waals surface area (Å²) in [7, 11) is 1.59. The van der Waals surface area contributed by atoms with Crippen molar-refractivity contribution in [1.29, 1.82) is 0 Å². The quantitative estimate of drug-likeness (QED) is 0.566. The Kier molecular flexibility index (Phi) is 4.57. The van der Waals surface area contributed by atoms with Gasteiger partial charge in [-0.3, -0.25) is 9.78 Å². The first kappa shape index (κ1) is 15.3. The molecule has 2 aromatic heterocycles. The normalized spacial score (nSPS) is 10.7. The summed E-state index contributed by atoms with van der Waals surface area (Å²) in [6, 6.07) is 10.6. The zero-order valence-corrected chi connectivity index (χ0v) is 12.8. The molecule has 1 N–H and O–H groups in total. The van der Waals surface area contributed by atoms with Gasteiger partial charge in [0.15, 0.2) is 0 Å². The SMILES string of the molecule is COc1ccccc1-n1cc(/C=N/NC(=O)c2ccncc2)nn1. The molecular weight excluding hydrogens is 308 g/mol. The van der Waals surface area contributed by atoms with Gasteiger partial charge in [0.25, 0.3) is 5.91 Å². The number of hydrazone groups is 1. The van der Waals surface area contributed by atoms with Crippen molar-refractivity contribution < 1.29 is 9.53 Å². The molecule has 120 valence electrons. The third-order valence-corrected chi connectivity index (χ3v) is 3.15. The van der Waals surface area contributed by atoms with E-state index in [1.54, 1.807) is 30.1 Å². The zero-order chi connectivity index (χ0) is 16.8. The fourth-order valence-electron chi connectivity index (χ4n) is 2.00. The lowest BCUT2D eigenvalue weighted by Crippen LogP contribution is -2.17. The standard InChI is InChI=1S/C16H14N6O2/c1-24-15-5-3-2-4-14(15)22-11-13(19-21-22)10-18-20-16(23)12-6-8-17-9-7-12/h2-11H,1H3,(H,20,23)/b18-10+. The number of pyridine rings is 1. The van der Waals surface area contributed by atoms with Crippen LogP contribution in [0.3, 0.4) is 0 Å². The molecule has 0 spiro atoms. The van der Waals surface area contributed by atoms with Gasteiger partial charge in [0, 0.05) is 18.0 Å². The highest BCUT2D eigenvalue weighted by Crippen LogP contribution is 2.20. The van der Waals surface area contributed by atoms with Gasteiger partial charge in [-0.25, -0.2) is 10.1 Å². The van der Waals surface area contributed by atoms with E-state index in [1.807, 2.05) is 24.3 Å². The van der Waals surface area contributed by atoms with E-state index in [1.165, 1.54) is 18.6 Å². The molecule has 8 nitrogen and oxygen atoms in total. The average molecular weight is 322 g/mol. The van der Waals surface area contributed by atoms with Gasteiger partial charge in [-0.15, -0.1) is 5.10 Å². The van der Waals surface area contributed by atoms with E-state index in [4.69, 9.17) is 4.74 Å². The molecule has 0 aliphatic carbocycles. The van der Waals surface area contributed by atoms with Crippen LogP contribution in [0.4, 0.5) is 0 Å². The van der Waals surface area contributed by atoms with Gasteiger partial charge < -0.3 is 4.74 Å². The van der Waals surface area contributed by atoms with Crippen molar-refractivity contribution in [3.05, 3.63) is 66.2 Å². The maximum Gasteiger partial charge on any atom is 0.271 e. The van der Waals surface area contributed by atoms with Crippen molar-refractivity contribution in [2.24, 2.45) is 5.10 Å². The smallest absolute Gasteiger partial charge is 0.271 e. The molecular formula is C16H14N6O2. The van der Waals surface area contributed by atoms with Crippen molar-refractivity contribution in [2.45, 2.75) is 0 Å². The van der Waals surface area contributed by atoms with Gasteiger partial charge in [-0.1, -0.05) is 17.3 Å². The summed E-state index contributed by atoms with van der Waals surface area (Å²) in [4.78, 5) is 15.7. The Morgan fingerprint density at radius 1 is 1.25 bits per heavy atom. The molecule has 0 aliphatic rings. The minimum Gasteiger partial charge on any atom is -0.494 e. The molecule has 0 atom stereocenters. The topological polar surface area (TPSA) is 94.3 Å². The Labute approximate surface area is 137 Å². The van der Waals surface area contributed by atoms with Crippen molar-refractivity contribution >= 4 is 12.1 Å². The Hall–Kier alpha value is -3.55. The molecule has 0 unspecified atom stereocenters. The molecule has 0 radical (unpaired) electrons. The minimum absolute atomic E-state index is 0.328. The van der Waals surface area contributed by atoms with E-state index in [9.17, 15) is 4.79 Å². The molecule has 3 aromatic rings. The predicted molar refractivity (Wildman–Crippen MR) is 87.2 cm³/mol. The molecule has 2 heterocycles. The van der Waals surface area contributed by atoms with Crippen molar-refractivity contribution in [3.63, 3.8) is 0 Å². The summed E-state index contributed by atoms with van der Waals surface area (Å²) in [5.41, 5.74) is 4.15. The lowest BCUT2D eigenvalue weighted by Gasteiger charge is -2.06. The number of methoxy groups -OCH3 is 1. The largest absolute Gasteiger partial charge is 0.494 e. The summed E-state index contributed by atoms with van der Waals surface area (Å²) >= 11 is 0. The van der Waals surface area contributed by atoms with Crippen LogP contribution in [0.1, 0.15) is 16.1 Å². The second-order valence-corrected chi connectivity index (χ2v) is 4.69. The Morgan fingerprint density at radius 3 is 2.83 bits per heavy atom. The lowest BCUT2D eigenvalue weighted by atomic mass is 10.3. The summed E-state index contributed by atoms with van der Waals surface area (Å²) in [6.07, 6.45) is 6.17. The maximum atomic E-state index is 11.8. The molecule has 1 amide bonds. The molecule has 0 saturated carbocycles. The van der Waals surface area contributed by atoms with Crippen molar-refractivity contribution in [3.8, 4) is 11.4 Å². The lowest BCUT2D eigenvalue weighted by molar-refractivity contribution is 0.0955. The van der Waals surface area contributed by atoms with Crippen LogP contribution in [0, 0.1) is 0 Å². The van der Waals surface area contributed by atoms with E-state index < -0.39 is 0 Å². The van der Waals surface area contributed by atoms with Crippen LogP contribution < -0.4 is 10.2 Å². The number of carbonyl (C=O) groups excluding carboxylic acids is 1. The predicted octanol–water partition coefficient (Wildman–Crippen LogP) is 1.43. The molecule has 0 fully saturated rings. The molecule has 0 saturated heterocycles. The van der Waals surface area contributed by atoms with Gasteiger partial charge in [0.1, 0.15) is 17.1 Å². The molecule has 3 rings (SSSR count). The van der Waals surface area contributed by atoms with Gasteiger partial charge in [-0.2, -0.15) is 5.10 Å². The zero-order valence-electron chi connectivity index (χ0n) is 12.8. The minimum atomic E-state index is -0.328. The Balaban J connectivity index is 1.69. The van der Waals surface area contributed by atoms with Crippen LogP contribution in [0.25, 0.3) is 5.69 Å². The fraction of sp³-hybridized carbons (Fsp3) is 0.0625. The molecule has 0 aliphatic heterocycles. The van der Waals surface area contributed by atoms with Gasteiger partial charge in [0.2, 0.25) is 0 Å².